The summed E-state index contributed by atoms with van der Waals surface area (Å²) in [4.78, 5) is 6.46. The van der Waals surface area contributed by atoms with Gasteiger partial charge in [-0.1, -0.05) is 29.8 Å². The largest absolute Gasteiger partial charge is 0.357 e. The molecule has 0 saturated carbocycles. The zero-order valence-electron chi connectivity index (χ0n) is 13.8. The van der Waals surface area contributed by atoms with Gasteiger partial charge in [0.2, 0.25) is 10.0 Å². The Morgan fingerprint density at radius 1 is 1.27 bits per heavy atom. The molecule has 0 spiro atoms. The average molecular weight is 326 g/mol. The molecule has 0 aliphatic heterocycles. The summed E-state index contributed by atoms with van der Waals surface area (Å²) in [6.07, 6.45) is 1.14. The number of benzene rings is 1. The predicted octanol–water partition coefficient (Wildman–Crippen LogP) is 0.942. The van der Waals surface area contributed by atoms with Gasteiger partial charge >= 0.3 is 0 Å². The maximum Gasteiger partial charge on any atom is 0.208 e. The molecular weight excluding hydrogens is 300 g/mol. The molecule has 1 aromatic carbocycles. The van der Waals surface area contributed by atoms with Gasteiger partial charge < -0.3 is 10.2 Å². The fourth-order valence-electron chi connectivity index (χ4n) is 1.90. The van der Waals surface area contributed by atoms with E-state index in [1.807, 2.05) is 18.9 Å². The van der Waals surface area contributed by atoms with E-state index in [4.69, 9.17) is 0 Å². The Balaban J connectivity index is 2.61. The Bertz CT molecular complexity index is 582. The van der Waals surface area contributed by atoms with Gasteiger partial charge in [0.1, 0.15) is 0 Å². The molecule has 0 aromatic heterocycles. The number of aryl methyl sites for hydroxylation is 1. The molecule has 0 saturated heterocycles. The van der Waals surface area contributed by atoms with E-state index in [2.05, 4.69) is 46.2 Å². The minimum atomic E-state index is -3.16. The zero-order chi connectivity index (χ0) is 16.6. The minimum absolute atomic E-state index is 0.298. The van der Waals surface area contributed by atoms with Gasteiger partial charge in [0.25, 0.3) is 0 Å². The van der Waals surface area contributed by atoms with Crippen molar-refractivity contribution in [3.05, 3.63) is 35.4 Å². The number of nitrogens with one attached hydrogen (secondary N) is 2. The monoisotopic (exact) mass is 326 g/mol. The summed E-state index contributed by atoms with van der Waals surface area (Å²) in [5, 5.41) is 3.21. The van der Waals surface area contributed by atoms with Crippen molar-refractivity contribution in [1.82, 2.24) is 14.9 Å². The van der Waals surface area contributed by atoms with Gasteiger partial charge in [-0.25, -0.2) is 13.1 Å². The third kappa shape index (κ3) is 7.42. The van der Waals surface area contributed by atoms with Crippen molar-refractivity contribution in [2.24, 2.45) is 4.99 Å². The zero-order valence-corrected chi connectivity index (χ0v) is 14.6. The molecule has 124 valence electrons. The number of nitrogens with zero attached hydrogens (tertiary/aromatic N) is 2. The Morgan fingerprint density at radius 3 is 2.45 bits per heavy atom. The Hall–Kier alpha value is -1.60. The molecule has 6 nitrogen and oxygen atoms in total. The van der Waals surface area contributed by atoms with Crippen LogP contribution in [0.15, 0.2) is 29.3 Å². The molecule has 22 heavy (non-hydrogen) atoms. The van der Waals surface area contributed by atoms with Crippen molar-refractivity contribution in [2.75, 3.05) is 32.9 Å². The lowest BCUT2D eigenvalue weighted by Crippen LogP contribution is -2.39. The molecule has 0 fully saturated rings. The first kappa shape index (κ1) is 18.4. The molecule has 0 aliphatic carbocycles. The molecule has 2 N–H and O–H groups in total. The van der Waals surface area contributed by atoms with Gasteiger partial charge in [0, 0.05) is 26.7 Å². The summed E-state index contributed by atoms with van der Waals surface area (Å²) in [5.41, 5.74) is 2.44. The van der Waals surface area contributed by atoms with Crippen LogP contribution < -0.4 is 10.0 Å². The van der Waals surface area contributed by atoms with Crippen LogP contribution in [-0.2, 0) is 16.6 Å². The highest BCUT2D eigenvalue weighted by atomic mass is 32.2. The molecule has 1 aromatic rings. The van der Waals surface area contributed by atoms with Crippen molar-refractivity contribution < 1.29 is 8.42 Å². The molecule has 0 bridgehead atoms. The highest BCUT2D eigenvalue weighted by molar-refractivity contribution is 7.88. The quantitative estimate of drug-likeness (QED) is 0.444. The van der Waals surface area contributed by atoms with Crippen LogP contribution in [0.3, 0.4) is 0 Å². The van der Waals surface area contributed by atoms with Crippen molar-refractivity contribution in [1.29, 1.82) is 0 Å². The molecule has 0 aliphatic rings. The van der Waals surface area contributed by atoms with E-state index in [-0.39, 0.29) is 0 Å². The number of hydrogen-bond donors (Lipinski definition) is 2. The molecular formula is C15H26N4O2S. The molecule has 1 rings (SSSR count). The van der Waals surface area contributed by atoms with Crippen LogP contribution in [0, 0.1) is 6.92 Å². The second-order valence-corrected chi connectivity index (χ2v) is 7.08. The van der Waals surface area contributed by atoms with E-state index >= 15 is 0 Å². The van der Waals surface area contributed by atoms with Crippen LogP contribution in [-0.4, -0.2) is 52.2 Å². The number of sulfonamides is 1. The number of guanidine groups is 1. The van der Waals surface area contributed by atoms with E-state index in [1.54, 1.807) is 0 Å². The van der Waals surface area contributed by atoms with Gasteiger partial charge in [-0.2, -0.15) is 0 Å². The van der Waals surface area contributed by atoms with E-state index in [9.17, 15) is 8.42 Å². The van der Waals surface area contributed by atoms with Gasteiger partial charge in [-0.15, -0.1) is 0 Å². The topological polar surface area (TPSA) is 73.8 Å². The number of aliphatic imine (C=N–C) groups is 1. The van der Waals surface area contributed by atoms with Crippen LogP contribution in [0.5, 0.6) is 0 Å². The highest BCUT2D eigenvalue weighted by Crippen LogP contribution is 2.06. The van der Waals surface area contributed by atoms with Crippen LogP contribution in [0.2, 0.25) is 0 Å². The van der Waals surface area contributed by atoms with E-state index in [1.165, 1.54) is 11.1 Å². The summed E-state index contributed by atoms with van der Waals surface area (Å²) in [5.74, 6) is 0.762. The summed E-state index contributed by atoms with van der Waals surface area (Å²) in [6, 6.07) is 8.37. The van der Waals surface area contributed by atoms with Crippen molar-refractivity contribution in [3.63, 3.8) is 0 Å². The van der Waals surface area contributed by atoms with Gasteiger partial charge in [0.15, 0.2) is 5.96 Å². The van der Waals surface area contributed by atoms with Crippen molar-refractivity contribution in [3.8, 4) is 0 Å². The third-order valence-corrected chi connectivity index (χ3v) is 3.70. The molecule has 0 unspecified atom stereocenters. The first-order valence-electron chi connectivity index (χ1n) is 7.31. The molecule has 0 radical (unpaired) electrons. The molecule has 0 atom stereocenters. The van der Waals surface area contributed by atoms with Crippen molar-refractivity contribution >= 4 is 16.0 Å². The lowest BCUT2D eigenvalue weighted by atomic mass is 10.1. The third-order valence-electron chi connectivity index (χ3n) is 2.97. The summed E-state index contributed by atoms with van der Waals surface area (Å²) in [7, 11) is -1.20. The summed E-state index contributed by atoms with van der Waals surface area (Å²) < 4.78 is 24.5. The van der Waals surface area contributed by atoms with E-state index in [0.717, 1.165) is 25.3 Å². The Kier molecular flexibility index (Phi) is 7.34. The standard InChI is InChI=1S/C15H26N4O2S/c1-5-16-15(17-10-11-18-22(4,20)21)19(3)12-14-8-6-13(2)7-9-14/h6-9,18H,5,10-12H2,1-4H3,(H,16,17). The maximum absolute atomic E-state index is 11.0. The van der Waals surface area contributed by atoms with Gasteiger partial charge in [-0.05, 0) is 19.4 Å². The lowest BCUT2D eigenvalue weighted by Gasteiger charge is -2.22. The highest BCUT2D eigenvalue weighted by Gasteiger charge is 2.06. The second-order valence-electron chi connectivity index (χ2n) is 5.24. The van der Waals surface area contributed by atoms with E-state index < -0.39 is 10.0 Å². The average Bonchev–Trinajstić information content (AvgIpc) is 2.43. The molecule has 0 heterocycles. The number of rotatable bonds is 7. The fourth-order valence-corrected chi connectivity index (χ4v) is 2.37. The minimum Gasteiger partial charge on any atom is -0.357 e. The molecule has 0 amide bonds. The Morgan fingerprint density at radius 2 is 1.91 bits per heavy atom. The Labute approximate surface area is 133 Å². The first-order valence-corrected chi connectivity index (χ1v) is 9.20. The van der Waals surface area contributed by atoms with Crippen LogP contribution in [0.25, 0.3) is 0 Å². The summed E-state index contributed by atoms with van der Waals surface area (Å²) in [6.45, 7) is 6.26. The van der Waals surface area contributed by atoms with E-state index in [0.29, 0.717) is 13.1 Å². The SMILES string of the molecule is CCNC(=NCCNS(C)(=O)=O)N(C)Cc1ccc(C)cc1. The van der Waals surface area contributed by atoms with Gasteiger partial charge in [-0.3, -0.25) is 4.99 Å². The predicted molar refractivity (Wildman–Crippen MR) is 91.5 cm³/mol. The fraction of sp³-hybridized carbons (Fsp3) is 0.533. The number of hydrogen-bond acceptors (Lipinski definition) is 3. The van der Waals surface area contributed by atoms with Crippen molar-refractivity contribution in [2.45, 2.75) is 20.4 Å². The van der Waals surface area contributed by atoms with Crippen LogP contribution in [0.1, 0.15) is 18.1 Å². The normalized spacial score (nSPS) is 12.3. The lowest BCUT2D eigenvalue weighted by molar-refractivity contribution is 0.477. The van der Waals surface area contributed by atoms with Gasteiger partial charge in [0.05, 0.1) is 12.8 Å². The maximum atomic E-state index is 11.0. The first-order chi connectivity index (χ1) is 10.3. The second kappa shape index (κ2) is 8.75. The molecule has 7 heteroatoms. The van der Waals surface area contributed by atoms with Crippen LogP contribution >= 0.6 is 0 Å². The summed E-state index contributed by atoms with van der Waals surface area (Å²) >= 11 is 0. The van der Waals surface area contributed by atoms with Crippen LogP contribution in [0.4, 0.5) is 0 Å². The smallest absolute Gasteiger partial charge is 0.208 e.